The zero-order valence-electron chi connectivity index (χ0n) is 17.1. The van der Waals surface area contributed by atoms with Gasteiger partial charge in [0, 0.05) is 24.2 Å². The highest BCUT2D eigenvalue weighted by molar-refractivity contribution is 5.73. The Balaban J connectivity index is 0.000000362. The number of carbonyl (C=O) groups is 2. The van der Waals surface area contributed by atoms with Gasteiger partial charge in [0.15, 0.2) is 0 Å². The fourth-order valence-corrected chi connectivity index (χ4v) is 2.19. The molecule has 0 amide bonds. The molecule has 3 N–H and O–H groups in total. The number of hydrogen-bond donors (Lipinski definition) is 3. The molecule has 0 unspecified atom stereocenters. The molecule has 1 aliphatic heterocycles. The SMILES string of the molecule is FC(F)(F)c1cccc(-c2ccc3c(n2)OCCNC3)c1.O=C(O)C(F)(F)F.O=C(O)C(F)(F)F. The van der Waals surface area contributed by atoms with Crippen molar-refractivity contribution in [3.8, 4) is 17.1 Å². The Bertz CT molecular complexity index is 997. The molecule has 1 aromatic carbocycles. The van der Waals surface area contributed by atoms with Crippen LogP contribution in [0.1, 0.15) is 11.1 Å². The fraction of sp³-hybridized carbons (Fsp3) is 0.316. The van der Waals surface area contributed by atoms with E-state index in [4.69, 9.17) is 24.5 Å². The second-order valence-corrected chi connectivity index (χ2v) is 6.37. The number of ether oxygens (including phenoxy) is 1. The van der Waals surface area contributed by atoms with Gasteiger partial charge < -0.3 is 20.3 Å². The van der Waals surface area contributed by atoms with Crippen LogP contribution in [-0.4, -0.2) is 52.6 Å². The molecule has 0 saturated heterocycles. The summed E-state index contributed by atoms with van der Waals surface area (Å²) in [6, 6.07) is 8.69. The van der Waals surface area contributed by atoms with E-state index >= 15 is 0 Å². The predicted octanol–water partition coefficient (Wildman–Crippen LogP) is 4.52. The molecule has 0 aliphatic carbocycles. The van der Waals surface area contributed by atoms with Crippen molar-refractivity contribution < 1.29 is 64.1 Å². The van der Waals surface area contributed by atoms with E-state index in [9.17, 15) is 39.5 Å². The quantitative estimate of drug-likeness (QED) is 0.473. The molecular weight excluding hydrogens is 507 g/mol. The van der Waals surface area contributed by atoms with Crippen LogP contribution in [0.15, 0.2) is 36.4 Å². The number of fused-ring (bicyclic) bond motifs is 1. The van der Waals surface area contributed by atoms with Gasteiger partial charge in [-0.25, -0.2) is 14.6 Å². The Hall–Kier alpha value is -3.56. The Morgan fingerprint density at radius 1 is 0.886 bits per heavy atom. The van der Waals surface area contributed by atoms with Crippen molar-refractivity contribution in [2.75, 3.05) is 13.2 Å². The molecule has 0 bridgehead atoms. The van der Waals surface area contributed by atoms with Gasteiger partial charge in [-0.1, -0.05) is 18.2 Å². The number of aromatic nitrogens is 1. The molecule has 16 heteroatoms. The van der Waals surface area contributed by atoms with Gasteiger partial charge in [0.25, 0.3) is 0 Å². The van der Waals surface area contributed by atoms with Crippen LogP contribution < -0.4 is 10.1 Å². The topological polar surface area (TPSA) is 109 Å². The Morgan fingerprint density at radius 2 is 1.43 bits per heavy atom. The number of carboxylic acid groups (broad SMARTS) is 2. The highest BCUT2D eigenvalue weighted by Crippen LogP contribution is 2.32. The summed E-state index contributed by atoms with van der Waals surface area (Å²) in [5.41, 5.74) is 1.12. The molecule has 2 aromatic rings. The molecule has 35 heavy (non-hydrogen) atoms. The van der Waals surface area contributed by atoms with Gasteiger partial charge in [-0.15, -0.1) is 0 Å². The largest absolute Gasteiger partial charge is 0.490 e. The third kappa shape index (κ3) is 10.1. The smallest absolute Gasteiger partial charge is 0.476 e. The lowest BCUT2D eigenvalue weighted by Gasteiger charge is -2.10. The van der Waals surface area contributed by atoms with Crippen LogP contribution >= 0.6 is 0 Å². The van der Waals surface area contributed by atoms with E-state index in [1.165, 1.54) is 6.07 Å². The molecule has 2 heterocycles. The molecule has 0 fully saturated rings. The molecular formula is C19H15F9N2O5. The number of nitrogens with one attached hydrogen (secondary N) is 1. The average Bonchev–Trinajstić information content (AvgIpc) is 2.97. The van der Waals surface area contributed by atoms with Crippen LogP contribution in [0, 0.1) is 0 Å². The maximum atomic E-state index is 12.8. The number of alkyl halides is 9. The first-order chi connectivity index (χ1) is 15.9. The maximum Gasteiger partial charge on any atom is 0.490 e. The summed E-state index contributed by atoms with van der Waals surface area (Å²) in [5, 5.41) is 17.4. The van der Waals surface area contributed by atoms with Gasteiger partial charge in [0.05, 0.1) is 11.3 Å². The number of carboxylic acids is 2. The van der Waals surface area contributed by atoms with E-state index in [1.54, 1.807) is 12.1 Å². The summed E-state index contributed by atoms with van der Waals surface area (Å²) >= 11 is 0. The normalized spacial score (nSPS) is 13.5. The van der Waals surface area contributed by atoms with Crippen LogP contribution in [0.2, 0.25) is 0 Å². The summed E-state index contributed by atoms with van der Waals surface area (Å²) in [5.74, 6) is -5.03. The minimum Gasteiger partial charge on any atom is -0.476 e. The Morgan fingerprint density at radius 3 is 1.91 bits per heavy atom. The highest BCUT2D eigenvalue weighted by atomic mass is 19.4. The number of pyridine rings is 1. The number of rotatable bonds is 1. The predicted molar refractivity (Wildman–Crippen MR) is 99.3 cm³/mol. The highest BCUT2D eigenvalue weighted by Gasteiger charge is 2.38. The first-order valence-corrected chi connectivity index (χ1v) is 9.04. The molecule has 194 valence electrons. The molecule has 1 aromatic heterocycles. The lowest BCUT2D eigenvalue weighted by atomic mass is 10.1. The summed E-state index contributed by atoms with van der Waals surface area (Å²) in [4.78, 5) is 22.1. The summed E-state index contributed by atoms with van der Waals surface area (Å²) < 4.78 is 107. The summed E-state index contributed by atoms with van der Waals surface area (Å²) in [7, 11) is 0. The lowest BCUT2D eigenvalue weighted by molar-refractivity contribution is -0.193. The van der Waals surface area contributed by atoms with E-state index in [-0.39, 0.29) is 0 Å². The second-order valence-electron chi connectivity index (χ2n) is 6.37. The van der Waals surface area contributed by atoms with Gasteiger partial charge in [0.2, 0.25) is 5.88 Å². The lowest BCUT2D eigenvalue weighted by Crippen LogP contribution is -2.21. The molecule has 7 nitrogen and oxygen atoms in total. The number of aliphatic carboxylic acids is 2. The Kier molecular flexibility index (Phi) is 9.87. The minimum absolute atomic E-state index is 0.424. The molecule has 0 saturated carbocycles. The number of halogens is 9. The van der Waals surface area contributed by atoms with Crippen molar-refractivity contribution in [1.29, 1.82) is 0 Å². The fourth-order valence-electron chi connectivity index (χ4n) is 2.19. The minimum atomic E-state index is -5.08. The maximum absolute atomic E-state index is 12.8. The van der Waals surface area contributed by atoms with Crippen LogP contribution in [0.4, 0.5) is 39.5 Å². The van der Waals surface area contributed by atoms with Crippen molar-refractivity contribution in [2.24, 2.45) is 0 Å². The third-order valence-electron chi connectivity index (χ3n) is 3.74. The van der Waals surface area contributed by atoms with Crippen LogP contribution in [0.5, 0.6) is 5.88 Å². The average molecular weight is 522 g/mol. The zero-order valence-corrected chi connectivity index (χ0v) is 17.1. The summed E-state index contributed by atoms with van der Waals surface area (Å²) in [6.07, 6.45) is -14.5. The first kappa shape index (κ1) is 29.5. The van der Waals surface area contributed by atoms with Crippen molar-refractivity contribution in [3.05, 3.63) is 47.5 Å². The third-order valence-corrected chi connectivity index (χ3v) is 3.74. The molecule has 1 aliphatic rings. The standard InChI is InChI=1S/C15H13F3N2O.2C2HF3O2/c16-15(17,18)12-3-1-2-10(8-12)13-5-4-11-9-19-6-7-21-14(11)20-13;2*3-2(4,5)1(6)7/h1-5,8,19H,6-7,9H2;2*(H,6,7). The van der Waals surface area contributed by atoms with E-state index in [0.717, 1.165) is 24.2 Å². The Labute approximate surface area is 190 Å². The molecule has 0 radical (unpaired) electrons. The zero-order chi connectivity index (χ0) is 27.0. The van der Waals surface area contributed by atoms with Crippen molar-refractivity contribution >= 4 is 11.9 Å². The van der Waals surface area contributed by atoms with Gasteiger partial charge in [-0.2, -0.15) is 39.5 Å². The second kappa shape index (κ2) is 11.7. The molecule has 0 atom stereocenters. The van der Waals surface area contributed by atoms with Crippen LogP contribution in [0.25, 0.3) is 11.3 Å². The van der Waals surface area contributed by atoms with Crippen LogP contribution in [-0.2, 0) is 22.3 Å². The monoisotopic (exact) mass is 522 g/mol. The van der Waals surface area contributed by atoms with Crippen LogP contribution in [0.3, 0.4) is 0 Å². The van der Waals surface area contributed by atoms with Crippen molar-refractivity contribution in [2.45, 2.75) is 25.1 Å². The van der Waals surface area contributed by atoms with E-state index < -0.39 is 36.0 Å². The van der Waals surface area contributed by atoms with E-state index in [2.05, 4.69) is 10.3 Å². The van der Waals surface area contributed by atoms with Gasteiger partial charge >= 0.3 is 30.5 Å². The number of benzene rings is 1. The van der Waals surface area contributed by atoms with E-state index in [1.807, 2.05) is 6.07 Å². The van der Waals surface area contributed by atoms with Crippen molar-refractivity contribution in [1.82, 2.24) is 10.3 Å². The number of nitrogens with zero attached hydrogens (tertiary/aromatic N) is 1. The van der Waals surface area contributed by atoms with Gasteiger partial charge in [-0.3, -0.25) is 0 Å². The number of hydrogen-bond acceptors (Lipinski definition) is 5. The van der Waals surface area contributed by atoms with Crippen molar-refractivity contribution in [3.63, 3.8) is 0 Å². The van der Waals surface area contributed by atoms with Gasteiger partial charge in [-0.05, 0) is 18.2 Å². The molecule has 3 rings (SSSR count). The summed E-state index contributed by atoms with van der Waals surface area (Å²) in [6.45, 7) is 1.85. The first-order valence-electron chi connectivity index (χ1n) is 9.04. The van der Waals surface area contributed by atoms with Gasteiger partial charge in [0.1, 0.15) is 6.61 Å². The van der Waals surface area contributed by atoms with E-state index in [0.29, 0.717) is 30.3 Å². The molecule has 0 spiro atoms.